The van der Waals surface area contributed by atoms with Crippen molar-refractivity contribution in [1.82, 2.24) is 9.38 Å². The van der Waals surface area contributed by atoms with E-state index in [0.717, 1.165) is 19.3 Å². The van der Waals surface area contributed by atoms with Crippen LogP contribution in [0.5, 0.6) is 5.88 Å². The monoisotopic (exact) mass is 268 g/mol. The highest BCUT2D eigenvalue weighted by Gasteiger charge is 2.30. The minimum atomic E-state index is -0.461. The van der Waals surface area contributed by atoms with E-state index in [1.165, 1.54) is 15.7 Å². The maximum atomic E-state index is 11.1. The molecule has 1 fully saturated rings. The lowest BCUT2D eigenvalue weighted by atomic mass is 10.3. The predicted octanol–water partition coefficient (Wildman–Crippen LogP) is 1.56. The lowest BCUT2D eigenvalue weighted by molar-refractivity contribution is -0.391. The van der Waals surface area contributed by atoms with Crippen molar-refractivity contribution in [2.45, 2.75) is 31.4 Å². The molecule has 8 heteroatoms. The topological polar surface area (TPSA) is 95.7 Å². The van der Waals surface area contributed by atoms with E-state index >= 15 is 0 Å². The summed E-state index contributed by atoms with van der Waals surface area (Å²) in [5.41, 5.74) is 5.79. The second-order valence-electron chi connectivity index (χ2n) is 4.37. The van der Waals surface area contributed by atoms with Crippen molar-refractivity contribution in [1.29, 1.82) is 0 Å². The van der Waals surface area contributed by atoms with Crippen molar-refractivity contribution in [2.75, 3.05) is 0 Å². The molecule has 2 atom stereocenters. The Morgan fingerprint density at radius 2 is 2.44 bits per heavy atom. The summed E-state index contributed by atoms with van der Waals surface area (Å²) in [6.07, 6.45) is 3.99. The number of nitrogens with two attached hydrogens (primary N) is 1. The maximum absolute atomic E-state index is 11.1. The van der Waals surface area contributed by atoms with Crippen molar-refractivity contribution in [3.63, 3.8) is 0 Å². The van der Waals surface area contributed by atoms with Gasteiger partial charge in [-0.1, -0.05) is 11.3 Å². The standard InChI is InChI=1S/C10H12N4O3S/c11-6-1-2-7(5-6)17-8-9(14(15)16)13-3-4-18-10(13)12-8/h3-4,6-7H,1-2,5,11H2. The first-order valence-corrected chi connectivity index (χ1v) is 6.55. The van der Waals surface area contributed by atoms with Gasteiger partial charge in [-0.25, -0.2) is 0 Å². The zero-order valence-corrected chi connectivity index (χ0v) is 10.3. The van der Waals surface area contributed by atoms with Gasteiger partial charge in [0.1, 0.15) is 12.3 Å². The number of fused-ring (bicyclic) bond motifs is 1. The number of thiazole rings is 1. The summed E-state index contributed by atoms with van der Waals surface area (Å²) in [4.78, 5) is 15.3. The fraction of sp³-hybridized carbons (Fsp3) is 0.500. The molecule has 0 radical (unpaired) electrons. The minimum Gasteiger partial charge on any atom is -0.468 e. The van der Waals surface area contributed by atoms with Gasteiger partial charge in [0.2, 0.25) is 0 Å². The molecule has 0 aliphatic heterocycles. The number of aromatic nitrogens is 2. The highest BCUT2D eigenvalue weighted by atomic mass is 32.1. The van der Waals surface area contributed by atoms with Crippen LogP contribution in [0, 0.1) is 10.1 Å². The molecule has 2 aromatic heterocycles. The van der Waals surface area contributed by atoms with E-state index < -0.39 is 4.92 Å². The first-order chi connectivity index (χ1) is 8.65. The first kappa shape index (κ1) is 11.4. The fourth-order valence-corrected chi connectivity index (χ4v) is 2.94. The van der Waals surface area contributed by atoms with Crippen LogP contribution in [0.3, 0.4) is 0 Å². The normalized spacial score (nSPS) is 23.6. The zero-order valence-electron chi connectivity index (χ0n) is 9.48. The van der Waals surface area contributed by atoms with Gasteiger partial charge in [0.25, 0.3) is 4.96 Å². The Morgan fingerprint density at radius 1 is 1.61 bits per heavy atom. The van der Waals surface area contributed by atoms with E-state index in [1.54, 1.807) is 11.6 Å². The number of ether oxygens (including phenoxy) is 1. The summed E-state index contributed by atoms with van der Waals surface area (Å²) in [7, 11) is 0. The number of nitro groups is 1. The molecule has 0 saturated heterocycles. The van der Waals surface area contributed by atoms with Gasteiger partial charge in [0.15, 0.2) is 0 Å². The molecule has 0 spiro atoms. The Hall–Kier alpha value is -1.67. The van der Waals surface area contributed by atoms with Crippen LogP contribution in [-0.2, 0) is 0 Å². The average Bonchev–Trinajstić information content (AvgIpc) is 2.93. The van der Waals surface area contributed by atoms with E-state index in [2.05, 4.69) is 4.98 Å². The van der Waals surface area contributed by atoms with Crippen LogP contribution >= 0.6 is 11.3 Å². The predicted molar refractivity (Wildman–Crippen MR) is 66.0 cm³/mol. The molecule has 18 heavy (non-hydrogen) atoms. The highest BCUT2D eigenvalue weighted by molar-refractivity contribution is 7.15. The lowest BCUT2D eigenvalue weighted by Gasteiger charge is -2.10. The van der Waals surface area contributed by atoms with Crippen LogP contribution in [-0.4, -0.2) is 26.5 Å². The van der Waals surface area contributed by atoms with E-state index in [1.807, 2.05) is 0 Å². The third-order valence-corrected chi connectivity index (χ3v) is 3.84. The third kappa shape index (κ3) is 1.83. The lowest BCUT2D eigenvalue weighted by Crippen LogP contribution is -2.19. The van der Waals surface area contributed by atoms with Gasteiger partial charge in [-0.15, -0.1) is 0 Å². The van der Waals surface area contributed by atoms with Gasteiger partial charge < -0.3 is 20.6 Å². The molecule has 0 bridgehead atoms. The number of rotatable bonds is 3. The van der Waals surface area contributed by atoms with Gasteiger partial charge in [-0.3, -0.25) is 0 Å². The smallest absolute Gasteiger partial charge is 0.393 e. The second kappa shape index (κ2) is 4.21. The van der Waals surface area contributed by atoms with E-state index in [4.69, 9.17) is 10.5 Å². The van der Waals surface area contributed by atoms with Crippen LogP contribution in [0.1, 0.15) is 19.3 Å². The molecule has 1 saturated carbocycles. The molecule has 7 nitrogen and oxygen atoms in total. The summed E-state index contributed by atoms with van der Waals surface area (Å²) in [5, 5.41) is 12.8. The third-order valence-electron chi connectivity index (χ3n) is 3.08. The summed E-state index contributed by atoms with van der Waals surface area (Å²) < 4.78 is 7.07. The minimum absolute atomic E-state index is 0.0664. The van der Waals surface area contributed by atoms with Gasteiger partial charge in [0, 0.05) is 11.4 Å². The summed E-state index contributed by atoms with van der Waals surface area (Å²) in [6.45, 7) is 0. The van der Waals surface area contributed by atoms with Gasteiger partial charge in [0.05, 0.1) is 0 Å². The molecular weight excluding hydrogens is 256 g/mol. The molecule has 2 N–H and O–H groups in total. The highest BCUT2D eigenvalue weighted by Crippen LogP contribution is 2.32. The number of hydrogen-bond acceptors (Lipinski definition) is 6. The Labute approximate surface area is 106 Å². The van der Waals surface area contributed by atoms with Gasteiger partial charge >= 0.3 is 11.7 Å². The van der Waals surface area contributed by atoms with E-state index in [-0.39, 0.29) is 23.8 Å². The Morgan fingerprint density at radius 3 is 3.11 bits per heavy atom. The second-order valence-corrected chi connectivity index (χ2v) is 5.24. The Kier molecular flexibility index (Phi) is 2.67. The van der Waals surface area contributed by atoms with Crippen LogP contribution in [0.4, 0.5) is 5.82 Å². The van der Waals surface area contributed by atoms with Gasteiger partial charge in [-0.2, -0.15) is 9.38 Å². The van der Waals surface area contributed by atoms with Crippen molar-refractivity contribution in [3.05, 3.63) is 21.7 Å². The number of hydrogen-bond donors (Lipinski definition) is 1. The van der Waals surface area contributed by atoms with Gasteiger partial charge in [-0.05, 0) is 24.2 Å². The molecule has 1 aliphatic rings. The van der Waals surface area contributed by atoms with Crippen LogP contribution < -0.4 is 10.5 Å². The fourth-order valence-electron chi connectivity index (χ4n) is 2.24. The molecule has 0 aromatic carbocycles. The van der Waals surface area contributed by atoms with E-state index in [0.29, 0.717) is 4.96 Å². The van der Waals surface area contributed by atoms with Crippen molar-refractivity contribution < 1.29 is 9.66 Å². The van der Waals surface area contributed by atoms with Crippen LogP contribution in [0.15, 0.2) is 11.6 Å². The summed E-state index contributed by atoms with van der Waals surface area (Å²) >= 11 is 1.34. The average molecular weight is 268 g/mol. The summed E-state index contributed by atoms with van der Waals surface area (Å²) in [5.74, 6) is -0.00216. The number of nitrogens with zero attached hydrogens (tertiary/aromatic N) is 3. The molecular formula is C10H12N4O3S. The Bertz CT molecular complexity index is 593. The first-order valence-electron chi connectivity index (χ1n) is 5.67. The SMILES string of the molecule is NC1CCC(Oc2nc3sccn3c2[N+](=O)[O-])C1. The largest absolute Gasteiger partial charge is 0.468 e. The van der Waals surface area contributed by atoms with Crippen LogP contribution in [0.2, 0.25) is 0 Å². The zero-order chi connectivity index (χ0) is 12.7. The Balaban J connectivity index is 1.93. The van der Waals surface area contributed by atoms with Crippen molar-refractivity contribution >= 4 is 22.1 Å². The molecule has 0 amide bonds. The summed E-state index contributed by atoms with van der Waals surface area (Å²) in [6, 6.07) is 0.123. The molecule has 2 aromatic rings. The molecule has 1 aliphatic carbocycles. The van der Waals surface area contributed by atoms with Crippen molar-refractivity contribution in [3.8, 4) is 5.88 Å². The molecule has 2 unspecified atom stereocenters. The van der Waals surface area contributed by atoms with E-state index in [9.17, 15) is 10.1 Å². The quantitative estimate of drug-likeness (QED) is 0.673. The number of imidazole rings is 1. The maximum Gasteiger partial charge on any atom is 0.393 e. The molecule has 3 rings (SSSR count). The van der Waals surface area contributed by atoms with Crippen molar-refractivity contribution in [2.24, 2.45) is 5.73 Å². The molecule has 2 heterocycles. The van der Waals surface area contributed by atoms with Crippen LogP contribution in [0.25, 0.3) is 4.96 Å². The molecule has 96 valence electrons.